The number of aryl methyl sites for hydroxylation is 1. The first kappa shape index (κ1) is 17.0. The van der Waals surface area contributed by atoms with E-state index in [2.05, 4.69) is 32.9 Å². The molecular formula is C18H14ClIN2O2. The van der Waals surface area contributed by atoms with E-state index in [4.69, 9.17) is 16.0 Å². The lowest BCUT2D eigenvalue weighted by Crippen LogP contribution is -2.13. The Morgan fingerprint density at radius 2 is 1.92 bits per heavy atom. The molecule has 1 amide bonds. The van der Waals surface area contributed by atoms with Crippen molar-refractivity contribution in [3.05, 3.63) is 69.2 Å². The molecule has 0 bridgehead atoms. The molecule has 122 valence electrons. The molecule has 0 aliphatic carbocycles. The molecule has 24 heavy (non-hydrogen) atoms. The van der Waals surface area contributed by atoms with Crippen LogP contribution in [0, 0.1) is 3.57 Å². The number of benzene rings is 2. The first-order chi connectivity index (χ1) is 11.6. The van der Waals surface area contributed by atoms with Gasteiger partial charge in [0.25, 0.3) is 0 Å². The molecule has 0 unspecified atom stereocenters. The fourth-order valence-corrected chi connectivity index (χ4v) is 2.82. The van der Waals surface area contributed by atoms with Crippen LogP contribution in [0.15, 0.2) is 59.1 Å². The number of oxazole rings is 1. The lowest BCUT2D eigenvalue weighted by atomic mass is 10.2. The number of rotatable bonds is 5. The molecule has 0 fully saturated rings. The lowest BCUT2D eigenvalue weighted by Gasteiger charge is -2.06. The van der Waals surface area contributed by atoms with Crippen molar-refractivity contribution in [1.82, 2.24) is 4.98 Å². The summed E-state index contributed by atoms with van der Waals surface area (Å²) in [6.45, 7) is 0. The van der Waals surface area contributed by atoms with Gasteiger partial charge >= 0.3 is 0 Å². The maximum atomic E-state index is 12.1. The van der Waals surface area contributed by atoms with Gasteiger partial charge in [-0.1, -0.05) is 23.7 Å². The maximum Gasteiger partial charge on any atom is 0.224 e. The molecule has 0 atom stereocenters. The van der Waals surface area contributed by atoms with Gasteiger partial charge in [0, 0.05) is 27.0 Å². The lowest BCUT2D eigenvalue weighted by molar-refractivity contribution is -0.116. The topological polar surface area (TPSA) is 55.1 Å². The van der Waals surface area contributed by atoms with E-state index in [1.54, 1.807) is 18.3 Å². The van der Waals surface area contributed by atoms with Crippen LogP contribution < -0.4 is 5.32 Å². The fourth-order valence-electron chi connectivity index (χ4n) is 2.17. The summed E-state index contributed by atoms with van der Waals surface area (Å²) < 4.78 is 6.70. The summed E-state index contributed by atoms with van der Waals surface area (Å²) in [5, 5.41) is 3.57. The van der Waals surface area contributed by atoms with E-state index in [9.17, 15) is 4.79 Å². The predicted molar refractivity (Wildman–Crippen MR) is 103 cm³/mol. The number of para-hydroxylation sites is 1. The Morgan fingerprint density at radius 1 is 1.17 bits per heavy atom. The van der Waals surface area contributed by atoms with E-state index in [0.717, 1.165) is 14.8 Å². The normalized spacial score (nSPS) is 10.6. The Morgan fingerprint density at radius 3 is 2.67 bits per heavy atom. The van der Waals surface area contributed by atoms with E-state index in [1.165, 1.54) is 0 Å². The highest BCUT2D eigenvalue weighted by molar-refractivity contribution is 14.1. The van der Waals surface area contributed by atoms with Crippen LogP contribution in [0.3, 0.4) is 0 Å². The van der Waals surface area contributed by atoms with Crippen LogP contribution in [0.1, 0.15) is 12.3 Å². The Labute approximate surface area is 158 Å². The Bertz CT molecular complexity index is 846. The molecule has 6 heteroatoms. The quantitative estimate of drug-likeness (QED) is 0.543. The zero-order valence-electron chi connectivity index (χ0n) is 12.6. The number of halogens is 2. The third-order valence-electron chi connectivity index (χ3n) is 3.40. The number of hydrogen-bond acceptors (Lipinski definition) is 3. The molecule has 0 saturated heterocycles. The second-order valence-corrected chi connectivity index (χ2v) is 6.75. The van der Waals surface area contributed by atoms with Gasteiger partial charge in [0.05, 0.1) is 11.9 Å². The minimum Gasteiger partial charge on any atom is -0.441 e. The molecule has 0 aliphatic heterocycles. The molecule has 4 nitrogen and oxygen atoms in total. The van der Waals surface area contributed by atoms with Gasteiger partial charge in [0.2, 0.25) is 5.91 Å². The zero-order valence-corrected chi connectivity index (χ0v) is 15.5. The van der Waals surface area contributed by atoms with Gasteiger partial charge in [-0.2, -0.15) is 0 Å². The highest BCUT2D eigenvalue weighted by Crippen LogP contribution is 2.23. The Kier molecular flexibility index (Phi) is 5.52. The monoisotopic (exact) mass is 452 g/mol. The summed E-state index contributed by atoms with van der Waals surface area (Å²) in [6.07, 6.45) is 2.42. The molecular weight excluding hydrogens is 439 g/mol. The van der Waals surface area contributed by atoms with E-state index in [0.29, 0.717) is 29.5 Å². The number of nitrogens with zero attached hydrogens (tertiary/aromatic N) is 1. The summed E-state index contributed by atoms with van der Waals surface area (Å²) in [5.74, 6) is 1.14. The molecule has 0 saturated carbocycles. The van der Waals surface area contributed by atoms with Gasteiger partial charge in [0.1, 0.15) is 0 Å². The first-order valence-electron chi connectivity index (χ1n) is 7.37. The molecule has 0 spiro atoms. The van der Waals surface area contributed by atoms with Crippen LogP contribution in [0.4, 0.5) is 5.69 Å². The van der Waals surface area contributed by atoms with Gasteiger partial charge in [-0.25, -0.2) is 4.98 Å². The molecule has 0 aliphatic rings. The number of carbonyl (C=O) groups excluding carboxylic acids is 1. The molecule has 1 aromatic heterocycles. The second-order valence-electron chi connectivity index (χ2n) is 5.15. The summed E-state index contributed by atoms with van der Waals surface area (Å²) in [5.41, 5.74) is 1.72. The van der Waals surface area contributed by atoms with Crippen LogP contribution in [0.5, 0.6) is 0 Å². The van der Waals surface area contributed by atoms with Crippen LogP contribution in [0.2, 0.25) is 5.02 Å². The van der Waals surface area contributed by atoms with E-state index in [1.807, 2.05) is 36.4 Å². The second kappa shape index (κ2) is 7.81. The zero-order chi connectivity index (χ0) is 16.9. The van der Waals surface area contributed by atoms with Crippen LogP contribution in [-0.2, 0) is 11.2 Å². The summed E-state index contributed by atoms with van der Waals surface area (Å²) in [4.78, 5) is 16.3. The molecule has 2 aromatic carbocycles. The minimum absolute atomic E-state index is 0.0645. The van der Waals surface area contributed by atoms with Crippen LogP contribution in [-0.4, -0.2) is 10.9 Å². The average Bonchev–Trinajstić information content (AvgIpc) is 3.05. The van der Waals surface area contributed by atoms with Crippen molar-refractivity contribution in [3.8, 4) is 11.3 Å². The molecule has 3 rings (SSSR count). The van der Waals surface area contributed by atoms with E-state index in [-0.39, 0.29) is 5.91 Å². The summed E-state index contributed by atoms with van der Waals surface area (Å²) in [6, 6.07) is 15.0. The average molecular weight is 453 g/mol. The third-order valence-corrected chi connectivity index (χ3v) is 4.59. The number of anilines is 1. The van der Waals surface area contributed by atoms with Crippen LogP contribution >= 0.6 is 34.2 Å². The number of hydrogen-bond donors (Lipinski definition) is 1. The van der Waals surface area contributed by atoms with E-state index < -0.39 is 0 Å². The van der Waals surface area contributed by atoms with Gasteiger partial charge < -0.3 is 9.73 Å². The molecule has 1 heterocycles. The fraction of sp³-hybridized carbons (Fsp3) is 0.111. The van der Waals surface area contributed by atoms with Crippen molar-refractivity contribution in [2.75, 3.05) is 5.32 Å². The van der Waals surface area contributed by atoms with Crippen molar-refractivity contribution in [2.24, 2.45) is 0 Å². The number of amides is 1. The van der Waals surface area contributed by atoms with Gasteiger partial charge in [0.15, 0.2) is 11.7 Å². The predicted octanol–water partition coefficient (Wildman–Crippen LogP) is 5.17. The highest BCUT2D eigenvalue weighted by atomic mass is 127. The molecule has 3 aromatic rings. The molecule has 0 radical (unpaired) electrons. The number of carbonyl (C=O) groups is 1. The first-order valence-corrected chi connectivity index (χ1v) is 8.82. The van der Waals surface area contributed by atoms with Crippen LogP contribution in [0.25, 0.3) is 11.3 Å². The van der Waals surface area contributed by atoms with Crippen molar-refractivity contribution in [2.45, 2.75) is 12.8 Å². The third kappa shape index (κ3) is 4.36. The number of aromatic nitrogens is 1. The highest BCUT2D eigenvalue weighted by Gasteiger charge is 2.10. The minimum atomic E-state index is -0.0645. The van der Waals surface area contributed by atoms with Crippen molar-refractivity contribution in [3.63, 3.8) is 0 Å². The van der Waals surface area contributed by atoms with E-state index >= 15 is 0 Å². The van der Waals surface area contributed by atoms with Gasteiger partial charge in [-0.3, -0.25) is 4.79 Å². The molecule has 1 N–H and O–H groups in total. The van der Waals surface area contributed by atoms with Gasteiger partial charge in [-0.15, -0.1) is 0 Å². The number of nitrogens with one attached hydrogen (secondary N) is 1. The standard InChI is InChI=1S/C18H14ClIN2O2/c19-13-7-5-12(6-8-13)16-11-21-18(24-16)10-9-17(23)22-15-4-2-1-3-14(15)20/h1-8,11H,9-10H2,(H,22,23). The Hall–Kier alpha value is -1.86. The van der Waals surface area contributed by atoms with Crippen molar-refractivity contribution >= 4 is 45.8 Å². The van der Waals surface area contributed by atoms with Gasteiger partial charge in [-0.05, 0) is 59.0 Å². The van der Waals surface area contributed by atoms with Crippen molar-refractivity contribution in [1.29, 1.82) is 0 Å². The smallest absolute Gasteiger partial charge is 0.224 e. The summed E-state index contributed by atoms with van der Waals surface area (Å²) >= 11 is 8.07. The maximum absolute atomic E-state index is 12.1. The Balaban J connectivity index is 1.58. The largest absolute Gasteiger partial charge is 0.441 e. The van der Waals surface area contributed by atoms with Crippen molar-refractivity contribution < 1.29 is 9.21 Å². The SMILES string of the molecule is O=C(CCc1ncc(-c2ccc(Cl)cc2)o1)Nc1ccccc1I. The summed E-state index contributed by atoms with van der Waals surface area (Å²) in [7, 11) is 0.